The molecule has 0 aliphatic rings. The van der Waals surface area contributed by atoms with Gasteiger partial charge in [0.25, 0.3) is 0 Å². The van der Waals surface area contributed by atoms with Gasteiger partial charge in [-0.05, 0) is 39.0 Å². The van der Waals surface area contributed by atoms with Crippen LogP contribution in [0.4, 0.5) is 0 Å². The smallest absolute Gasteiger partial charge is 0.317 e. The summed E-state index contributed by atoms with van der Waals surface area (Å²) in [5.74, 6) is -0.434. The Hall–Kier alpha value is -1.06. The molecular formula is C18H34O4. The second-order valence-electron chi connectivity index (χ2n) is 6.45. The lowest BCUT2D eigenvalue weighted by molar-refractivity contribution is -0.160. The van der Waals surface area contributed by atoms with Gasteiger partial charge in [0.15, 0.2) is 0 Å². The Balaban J connectivity index is 4.34. The first kappa shape index (κ1) is 20.9. The topological polar surface area (TPSA) is 52.6 Å². The molecule has 0 spiro atoms. The summed E-state index contributed by atoms with van der Waals surface area (Å²) in [5, 5.41) is 0. The van der Waals surface area contributed by atoms with Crippen molar-refractivity contribution in [3.05, 3.63) is 0 Å². The minimum absolute atomic E-state index is 0.0764. The van der Waals surface area contributed by atoms with Gasteiger partial charge in [-0.2, -0.15) is 0 Å². The van der Waals surface area contributed by atoms with Gasteiger partial charge in [0, 0.05) is 0 Å². The summed E-state index contributed by atoms with van der Waals surface area (Å²) in [6.45, 7) is 10.0. The number of unbranched alkanes of at least 4 members (excludes halogenated alkanes) is 2. The zero-order chi connectivity index (χ0) is 17.0. The summed E-state index contributed by atoms with van der Waals surface area (Å²) in [4.78, 5) is 23.4. The fourth-order valence-electron chi connectivity index (χ4n) is 2.56. The number of rotatable bonds is 12. The molecule has 0 bridgehead atoms. The van der Waals surface area contributed by atoms with Crippen molar-refractivity contribution in [1.29, 1.82) is 0 Å². The van der Waals surface area contributed by atoms with Gasteiger partial charge >= 0.3 is 11.9 Å². The number of hydrogen-bond acceptors (Lipinski definition) is 4. The molecule has 4 nitrogen and oxygen atoms in total. The molecule has 0 saturated carbocycles. The fourth-order valence-corrected chi connectivity index (χ4v) is 2.56. The SMILES string of the molecule is CCCCCC(CC(C)CCC)OC(=O)CC(=O)OC(C)C. The van der Waals surface area contributed by atoms with E-state index in [9.17, 15) is 9.59 Å². The lowest BCUT2D eigenvalue weighted by atomic mass is 9.96. The molecule has 2 atom stereocenters. The normalized spacial score (nSPS) is 13.7. The highest BCUT2D eigenvalue weighted by atomic mass is 16.6. The van der Waals surface area contributed by atoms with Crippen LogP contribution >= 0.6 is 0 Å². The first-order chi connectivity index (χ1) is 10.4. The molecule has 0 fully saturated rings. The monoisotopic (exact) mass is 314 g/mol. The van der Waals surface area contributed by atoms with E-state index in [4.69, 9.17) is 9.47 Å². The molecular weight excluding hydrogens is 280 g/mol. The highest BCUT2D eigenvalue weighted by Crippen LogP contribution is 2.19. The van der Waals surface area contributed by atoms with Crippen molar-refractivity contribution in [2.75, 3.05) is 0 Å². The molecule has 0 radical (unpaired) electrons. The third kappa shape index (κ3) is 11.6. The fraction of sp³-hybridized carbons (Fsp3) is 0.889. The van der Waals surface area contributed by atoms with Crippen molar-refractivity contribution in [2.45, 2.75) is 98.2 Å². The van der Waals surface area contributed by atoms with Crippen LogP contribution in [-0.2, 0) is 19.1 Å². The van der Waals surface area contributed by atoms with Crippen LogP contribution in [0, 0.1) is 5.92 Å². The third-order valence-electron chi connectivity index (χ3n) is 3.53. The van der Waals surface area contributed by atoms with Crippen LogP contribution in [0.15, 0.2) is 0 Å². The Labute approximate surface area is 135 Å². The second kappa shape index (κ2) is 12.5. The van der Waals surface area contributed by atoms with Crippen molar-refractivity contribution in [1.82, 2.24) is 0 Å². The van der Waals surface area contributed by atoms with Gasteiger partial charge in [0.2, 0.25) is 0 Å². The van der Waals surface area contributed by atoms with E-state index in [-0.39, 0.29) is 18.6 Å². The summed E-state index contributed by atoms with van der Waals surface area (Å²) < 4.78 is 10.5. The van der Waals surface area contributed by atoms with Crippen molar-refractivity contribution in [3.8, 4) is 0 Å². The Morgan fingerprint density at radius 3 is 2.05 bits per heavy atom. The molecule has 0 rings (SSSR count). The minimum Gasteiger partial charge on any atom is -0.463 e. The van der Waals surface area contributed by atoms with Gasteiger partial charge in [0.1, 0.15) is 12.5 Å². The van der Waals surface area contributed by atoms with Crippen LogP contribution in [0.5, 0.6) is 0 Å². The van der Waals surface area contributed by atoms with E-state index in [1.165, 1.54) is 0 Å². The van der Waals surface area contributed by atoms with E-state index in [0.29, 0.717) is 5.92 Å². The summed E-state index contributed by atoms with van der Waals surface area (Å²) in [7, 11) is 0. The number of hydrogen-bond donors (Lipinski definition) is 0. The molecule has 0 aromatic heterocycles. The van der Waals surface area contributed by atoms with E-state index in [0.717, 1.165) is 44.9 Å². The summed E-state index contributed by atoms with van der Waals surface area (Å²) in [5.41, 5.74) is 0. The number of ether oxygens (including phenoxy) is 2. The standard InChI is InChI=1S/C18H34O4/c1-6-8-9-11-16(12-15(5)10-7-2)22-18(20)13-17(19)21-14(3)4/h14-16H,6-13H2,1-5H3. The van der Waals surface area contributed by atoms with Crippen LogP contribution in [-0.4, -0.2) is 24.1 Å². The molecule has 0 N–H and O–H groups in total. The quantitative estimate of drug-likeness (QED) is 0.299. The number of esters is 2. The first-order valence-electron chi connectivity index (χ1n) is 8.77. The maximum atomic E-state index is 11.9. The number of carbonyl (C=O) groups is 2. The van der Waals surface area contributed by atoms with Crippen LogP contribution in [0.1, 0.15) is 86.0 Å². The van der Waals surface area contributed by atoms with Gasteiger partial charge in [-0.3, -0.25) is 9.59 Å². The zero-order valence-electron chi connectivity index (χ0n) is 15.0. The predicted molar refractivity (Wildman–Crippen MR) is 88.6 cm³/mol. The van der Waals surface area contributed by atoms with Gasteiger partial charge in [-0.25, -0.2) is 0 Å². The number of carbonyl (C=O) groups excluding carboxylic acids is 2. The van der Waals surface area contributed by atoms with Crippen molar-refractivity contribution in [3.63, 3.8) is 0 Å². The van der Waals surface area contributed by atoms with Gasteiger partial charge in [0.05, 0.1) is 6.10 Å². The molecule has 0 aliphatic carbocycles. The van der Waals surface area contributed by atoms with Crippen LogP contribution < -0.4 is 0 Å². The first-order valence-corrected chi connectivity index (χ1v) is 8.77. The largest absolute Gasteiger partial charge is 0.463 e. The third-order valence-corrected chi connectivity index (χ3v) is 3.53. The summed E-state index contributed by atoms with van der Waals surface area (Å²) in [6.07, 6.45) is 6.81. The molecule has 0 amide bonds. The lowest BCUT2D eigenvalue weighted by Gasteiger charge is -2.21. The average molecular weight is 314 g/mol. The average Bonchev–Trinajstić information content (AvgIpc) is 2.37. The van der Waals surface area contributed by atoms with Crippen LogP contribution in [0.25, 0.3) is 0 Å². The molecule has 0 aliphatic heterocycles. The van der Waals surface area contributed by atoms with Crippen molar-refractivity contribution >= 4 is 11.9 Å². The van der Waals surface area contributed by atoms with E-state index in [1.54, 1.807) is 13.8 Å². The van der Waals surface area contributed by atoms with Crippen LogP contribution in [0.2, 0.25) is 0 Å². The molecule has 4 heteroatoms. The van der Waals surface area contributed by atoms with Crippen LogP contribution in [0.3, 0.4) is 0 Å². The molecule has 130 valence electrons. The van der Waals surface area contributed by atoms with E-state index < -0.39 is 11.9 Å². The minimum atomic E-state index is -0.506. The molecule has 22 heavy (non-hydrogen) atoms. The predicted octanol–water partition coefficient (Wildman–Crippen LogP) is 4.65. The molecule has 0 aromatic carbocycles. The highest BCUT2D eigenvalue weighted by molar-refractivity contribution is 5.91. The van der Waals surface area contributed by atoms with E-state index in [1.807, 2.05) is 0 Å². The van der Waals surface area contributed by atoms with Gasteiger partial charge < -0.3 is 9.47 Å². The maximum absolute atomic E-state index is 11.9. The lowest BCUT2D eigenvalue weighted by Crippen LogP contribution is -2.24. The Bertz CT molecular complexity index is 312. The van der Waals surface area contributed by atoms with E-state index in [2.05, 4.69) is 20.8 Å². The Kier molecular flexibility index (Phi) is 11.9. The summed E-state index contributed by atoms with van der Waals surface area (Å²) >= 11 is 0. The van der Waals surface area contributed by atoms with Gasteiger partial charge in [-0.1, -0.05) is 46.5 Å². The second-order valence-corrected chi connectivity index (χ2v) is 6.45. The van der Waals surface area contributed by atoms with E-state index >= 15 is 0 Å². The Morgan fingerprint density at radius 1 is 0.864 bits per heavy atom. The Morgan fingerprint density at radius 2 is 1.50 bits per heavy atom. The van der Waals surface area contributed by atoms with Crippen molar-refractivity contribution < 1.29 is 19.1 Å². The molecule has 0 heterocycles. The highest BCUT2D eigenvalue weighted by Gasteiger charge is 2.20. The molecule has 0 saturated heterocycles. The van der Waals surface area contributed by atoms with Gasteiger partial charge in [-0.15, -0.1) is 0 Å². The summed E-state index contributed by atoms with van der Waals surface area (Å²) in [6, 6.07) is 0. The molecule has 0 aromatic rings. The zero-order valence-corrected chi connectivity index (χ0v) is 15.0. The molecule has 2 unspecified atom stereocenters. The maximum Gasteiger partial charge on any atom is 0.317 e. The van der Waals surface area contributed by atoms with Crippen molar-refractivity contribution in [2.24, 2.45) is 5.92 Å².